The Morgan fingerprint density at radius 1 is 1.12 bits per heavy atom. The largest absolute Gasteiger partial charge is 0.454 e. The van der Waals surface area contributed by atoms with Gasteiger partial charge >= 0.3 is 0 Å². The van der Waals surface area contributed by atoms with Crippen LogP contribution in [0.3, 0.4) is 0 Å². The molecule has 25 heavy (non-hydrogen) atoms. The summed E-state index contributed by atoms with van der Waals surface area (Å²) in [6, 6.07) is 6.98. The molecule has 0 unspecified atom stereocenters. The Morgan fingerprint density at radius 2 is 1.92 bits per heavy atom. The molecule has 5 nitrogen and oxygen atoms in total. The number of amides is 1. The van der Waals surface area contributed by atoms with E-state index in [0.29, 0.717) is 31.2 Å². The fourth-order valence-corrected chi connectivity index (χ4v) is 4.67. The van der Waals surface area contributed by atoms with Crippen molar-refractivity contribution >= 4 is 5.91 Å². The lowest BCUT2D eigenvalue weighted by Crippen LogP contribution is -2.48. The Bertz CT molecular complexity index is 633. The zero-order chi connectivity index (χ0) is 17.2. The van der Waals surface area contributed by atoms with Crippen molar-refractivity contribution in [3.63, 3.8) is 0 Å². The van der Waals surface area contributed by atoms with Gasteiger partial charge in [0, 0.05) is 25.0 Å². The summed E-state index contributed by atoms with van der Waals surface area (Å²) >= 11 is 0. The lowest BCUT2D eigenvalue weighted by atomic mass is 10.0. The van der Waals surface area contributed by atoms with Gasteiger partial charge in [-0.2, -0.15) is 0 Å². The first kappa shape index (κ1) is 16.7. The fourth-order valence-electron chi connectivity index (χ4n) is 4.67. The average Bonchev–Trinajstić information content (AvgIpc) is 3.37. The molecule has 5 heteroatoms. The van der Waals surface area contributed by atoms with Crippen LogP contribution in [0.4, 0.5) is 0 Å². The number of likely N-dealkylation sites (tertiary alicyclic amines) is 2. The Balaban J connectivity index is 1.37. The van der Waals surface area contributed by atoms with Gasteiger partial charge in [0.15, 0.2) is 11.5 Å². The van der Waals surface area contributed by atoms with Gasteiger partial charge in [-0.25, -0.2) is 0 Å². The number of benzene rings is 1. The highest BCUT2D eigenvalue weighted by atomic mass is 16.7. The van der Waals surface area contributed by atoms with Crippen molar-refractivity contribution in [1.29, 1.82) is 0 Å². The van der Waals surface area contributed by atoms with Crippen LogP contribution < -0.4 is 9.47 Å². The Labute approximate surface area is 149 Å². The molecule has 0 bridgehead atoms. The first-order valence-electron chi connectivity index (χ1n) is 9.68. The van der Waals surface area contributed by atoms with Crippen LogP contribution in [0.25, 0.3) is 0 Å². The van der Waals surface area contributed by atoms with E-state index in [1.807, 2.05) is 18.2 Å². The maximum Gasteiger partial charge on any atom is 0.231 e. The minimum atomic E-state index is 0.294. The number of nitrogens with zero attached hydrogens (tertiary/aromatic N) is 2. The second-order valence-electron chi connectivity index (χ2n) is 7.32. The number of aryl methyl sites for hydroxylation is 1. The third-order valence-corrected chi connectivity index (χ3v) is 5.95. The molecule has 1 amide bonds. The molecule has 0 N–H and O–H groups in total. The van der Waals surface area contributed by atoms with E-state index in [1.54, 1.807) is 0 Å². The van der Waals surface area contributed by atoms with Gasteiger partial charge in [0.2, 0.25) is 12.7 Å². The summed E-state index contributed by atoms with van der Waals surface area (Å²) in [5.41, 5.74) is 1.14. The molecule has 0 saturated carbocycles. The Kier molecular flexibility index (Phi) is 4.84. The van der Waals surface area contributed by atoms with E-state index in [0.717, 1.165) is 49.4 Å². The van der Waals surface area contributed by atoms with Crippen LogP contribution >= 0.6 is 0 Å². The number of likely N-dealkylation sites (N-methyl/N-ethyl adjacent to an activating group) is 1. The highest BCUT2D eigenvalue weighted by Gasteiger charge is 2.38. The number of ether oxygens (including phenoxy) is 2. The zero-order valence-electron chi connectivity index (χ0n) is 15.1. The molecular weight excluding hydrogens is 316 g/mol. The molecule has 136 valence electrons. The second-order valence-corrected chi connectivity index (χ2v) is 7.32. The number of hydrogen-bond acceptors (Lipinski definition) is 4. The van der Waals surface area contributed by atoms with Gasteiger partial charge in [-0.1, -0.05) is 13.0 Å². The van der Waals surface area contributed by atoms with Crippen molar-refractivity contribution in [2.75, 3.05) is 26.4 Å². The van der Waals surface area contributed by atoms with Crippen molar-refractivity contribution in [1.82, 2.24) is 9.80 Å². The van der Waals surface area contributed by atoms with Crippen molar-refractivity contribution in [3.8, 4) is 11.5 Å². The Morgan fingerprint density at radius 3 is 2.80 bits per heavy atom. The van der Waals surface area contributed by atoms with E-state index in [9.17, 15) is 4.79 Å². The van der Waals surface area contributed by atoms with Gasteiger partial charge in [0.05, 0.1) is 0 Å². The number of carbonyl (C=O) groups is 1. The van der Waals surface area contributed by atoms with Crippen LogP contribution in [-0.2, 0) is 11.2 Å². The van der Waals surface area contributed by atoms with Gasteiger partial charge in [0.25, 0.3) is 0 Å². The lowest BCUT2D eigenvalue weighted by molar-refractivity contribution is -0.133. The SMILES string of the molecule is CCN1CCC[C@@H]1[C@@H]1CCCN1C(=O)CCc1ccc2c(c1)OCO2. The molecule has 2 fully saturated rings. The van der Waals surface area contributed by atoms with Gasteiger partial charge in [0.1, 0.15) is 0 Å². The highest BCUT2D eigenvalue weighted by Crippen LogP contribution is 2.33. The minimum Gasteiger partial charge on any atom is -0.454 e. The first-order chi connectivity index (χ1) is 12.3. The van der Waals surface area contributed by atoms with Crippen molar-refractivity contribution in [3.05, 3.63) is 23.8 Å². The third-order valence-electron chi connectivity index (χ3n) is 5.95. The zero-order valence-corrected chi connectivity index (χ0v) is 15.1. The van der Waals surface area contributed by atoms with Crippen molar-refractivity contribution in [2.24, 2.45) is 0 Å². The number of fused-ring (bicyclic) bond motifs is 1. The summed E-state index contributed by atoms with van der Waals surface area (Å²) < 4.78 is 10.8. The van der Waals surface area contributed by atoms with Gasteiger partial charge in [-0.3, -0.25) is 9.69 Å². The topological polar surface area (TPSA) is 42.0 Å². The smallest absolute Gasteiger partial charge is 0.231 e. The molecule has 2 atom stereocenters. The minimum absolute atomic E-state index is 0.294. The van der Waals surface area contributed by atoms with Gasteiger partial charge in [-0.15, -0.1) is 0 Å². The summed E-state index contributed by atoms with van der Waals surface area (Å²) in [5, 5.41) is 0. The molecule has 3 aliphatic heterocycles. The number of rotatable bonds is 5. The first-order valence-corrected chi connectivity index (χ1v) is 9.68. The molecule has 3 heterocycles. The van der Waals surface area contributed by atoms with Crippen LogP contribution in [0, 0.1) is 0 Å². The summed E-state index contributed by atoms with van der Waals surface area (Å²) in [5.74, 6) is 1.91. The average molecular weight is 344 g/mol. The standard InChI is InChI=1S/C20H28N2O3/c1-2-21-11-3-5-16(21)17-6-4-12-22(17)20(23)10-8-15-7-9-18-19(13-15)25-14-24-18/h7,9,13,16-17H,2-6,8,10-12,14H2,1H3/t16-,17+/m1/s1. The summed E-state index contributed by atoms with van der Waals surface area (Å²) in [6.45, 7) is 5.75. The summed E-state index contributed by atoms with van der Waals surface area (Å²) in [6.07, 6.45) is 6.17. The van der Waals surface area contributed by atoms with E-state index >= 15 is 0 Å². The summed E-state index contributed by atoms with van der Waals surface area (Å²) in [4.78, 5) is 17.6. The molecule has 1 aromatic rings. The molecule has 2 saturated heterocycles. The van der Waals surface area contributed by atoms with Crippen LogP contribution in [0.1, 0.15) is 44.6 Å². The Hall–Kier alpha value is -1.75. The van der Waals surface area contributed by atoms with Crippen molar-refractivity contribution < 1.29 is 14.3 Å². The number of hydrogen-bond donors (Lipinski definition) is 0. The van der Waals surface area contributed by atoms with Crippen LogP contribution in [0.2, 0.25) is 0 Å². The van der Waals surface area contributed by atoms with Crippen LogP contribution in [-0.4, -0.2) is 54.2 Å². The van der Waals surface area contributed by atoms with Crippen molar-refractivity contribution in [2.45, 2.75) is 57.5 Å². The maximum absolute atomic E-state index is 12.9. The third kappa shape index (κ3) is 3.34. The molecule has 4 rings (SSSR count). The predicted molar refractivity (Wildman–Crippen MR) is 95.9 cm³/mol. The molecule has 0 aromatic heterocycles. The molecule has 0 aliphatic carbocycles. The van der Waals surface area contributed by atoms with E-state index < -0.39 is 0 Å². The van der Waals surface area contributed by atoms with Gasteiger partial charge < -0.3 is 14.4 Å². The van der Waals surface area contributed by atoms with Crippen LogP contribution in [0.5, 0.6) is 11.5 Å². The fraction of sp³-hybridized carbons (Fsp3) is 0.650. The normalized spacial score (nSPS) is 25.7. The monoisotopic (exact) mass is 344 g/mol. The molecule has 0 spiro atoms. The molecular formula is C20H28N2O3. The predicted octanol–water partition coefficient (Wildman–Crippen LogP) is 2.82. The van der Waals surface area contributed by atoms with E-state index in [2.05, 4.69) is 16.7 Å². The quantitative estimate of drug-likeness (QED) is 0.824. The van der Waals surface area contributed by atoms with E-state index in [-0.39, 0.29) is 0 Å². The highest BCUT2D eigenvalue weighted by molar-refractivity contribution is 5.77. The second kappa shape index (κ2) is 7.24. The summed E-state index contributed by atoms with van der Waals surface area (Å²) in [7, 11) is 0. The van der Waals surface area contributed by atoms with E-state index in [1.165, 1.54) is 19.4 Å². The van der Waals surface area contributed by atoms with Gasteiger partial charge in [-0.05, 0) is 62.9 Å². The lowest BCUT2D eigenvalue weighted by Gasteiger charge is -2.34. The number of carbonyl (C=O) groups excluding carboxylic acids is 1. The van der Waals surface area contributed by atoms with Crippen LogP contribution in [0.15, 0.2) is 18.2 Å². The van der Waals surface area contributed by atoms with E-state index in [4.69, 9.17) is 9.47 Å². The molecule has 3 aliphatic rings. The maximum atomic E-state index is 12.9. The molecule has 1 aromatic carbocycles. The molecule has 0 radical (unpaired) electrons.